The smallest absolute Gasteiger partial charge is 0.270 e. The number of amides is 2. The van der Waals surface area contributed by atoms with Crippen molar-refractivity contribution in [2.24, 2.45) is 0 Å². The second-order valence-corrected chi connectivity index (χ2v) is 9.65. The third-order valence-electron chi connectivity index (χ3n) is 5.20. The van der Waals surface area contributed by atoms with E-state index >= 15 is 0 Å². The lowest BCUT2D eigenvalue weighted by Gasteiger charge is -2.14. The molecule has 1 N–H and O–H groups in total. The van der Waals surface area contributed by atoms with E-state index in [2.05, 4.69) is 5.32 Å². The first kappa shape index (κ1) is 24.5. The van der Waals surface area contributed by atoms with Gasteiger partial charge in [0.15, 0.2) is 22.4 Å². The molecule has 3 aromatic rings. The molecule has 0 spiro atoms. The third kappa shape index (κ3) is 5.90. The zero-order valence-corrected chi connectivity index (χ0v) is 21.2. The number of carbonyl (C=O) groups is 2. The monoisotopic (exact) mass is 504 g/mol. The number of nitrogens with one attached hydrogen (secondary N) is 1. The molecule has 0 atom stereocenters. The van der Waals surface area contributed by atoms with E-state index in [1.165, 1.54) is 18.9 Å². The van der Waals surface area contributed by atoms with Crippen molar-refractivity contribution in [2.75, 3.05) is 23.9 Å². The number of aryl methyl sites for hydroxylation is 2. The maximum Gasteiger partial charge on any atom is 0.270 e. The molecule has 3 aromatic carbocycles. The Morgan fingerprint density at radius 2 is 1.77 bits per heavy atom. The molecule has 1 aliphatic rings. The largest absolute Gasteiger partial charge is 0.493 e. The standard InChI is InChI=1S/C27H24N2O4S2/c1-17-6-4-8-20(12-17)28-25(30)16-33-22-11-10-19(14-23(22)32-3)15-24-26(31)29(27(34)35-24)21-9-5-7-18(2)13-21/h4-15H,16H2,1-3H3,(H,28,30)/b24-15-. The molecule has 4 rings (SSSR count). The van der Waals surface area contributed by atoms with Crippen LogP contribution in [0.5, 0.6) is 11.5 Å². The zero-order chi connectivity index (χ0) is 24.9. The molecule has 8 heteroatoms. The predicted molar refractivity (Wildman–Crippen MR) is 145 cm³/mol. The van der Waals surface area contributed by atoms with E-state index < -0.39 is 0 Å². The molecular weight excluding hydrogens is 480 g/mol. The lowest BCUT2D eigenvalue weighted by atomic mass is 10.1. The molecule has 0 bridgehead atoms. The first-order valence-corrected chi connectivity index (χ1v) is 12.1. The molecule has 35 heavy (non-hydrogen) atoms. The van der Waals surface area contributed by atoms with Gasteiger partial charge in [0.1, 0.15) is 0 Å². The predicted octanol–water partition coefficient (Wildman–Crippen LogP) is 5.74. The van der Waals surface area contributed by atoms with Gasteiger partial charge in [-0.3, -0.25) is 14.5 Å². The van der Waals surface area contributed by atoms with E-state index in [1.807, 2.05) is 62.4 Å². The first-order chi connectivity index (χ1) is 16.8. The minimum absolute atomic E-state index is 0.168. The Morgan fingerprint density at radius 3 is 2.49 bits per heavy atom. The summed E-state index contributed by atoms with van der Waals surface area (Å²) in [5.74, 6) is 0.437. The summed E-state index contributed by atoms with van der Waals surface area (Å²) in [6, 6.07) is 20.5. The molecule has 1 saturated heterocycles. The third-order valence-corrected chi connectivity index (χ3v) is 6.50. The van der Waals surface area contributed by atoms with Crippen LogP contribution in [0, 0.1) is 13.8 Å². The van der Waals surface area contributed by atoms with Crippen molar-refractivity contribution < 1.29 is 19.1 Å². The number of anilines is 2. The molecular formula is C27H24N2O4S2. The van der Waals surface area contributed by atoms with Crippen LogP contribution < -0.4 is 19.7 Å². The van der Waals surface area contributed by atoms with Crippen molar-refractivity contribution in [3.8, 4) is 11.5 Å². The summed E-state index contributed by atoms with van der Waals surface area (Å²) in [6.07, 6.45) is 1.77. The van der Waals surface area contributed by atoms with Gasteiger partial charge in [-0.15, -0.1) is 0 Å². The molecule has 1 fully saturated rings. The first-order valence-electron chi connectivity index (χ1n) is 10.9. The summed E-state index contributed by atoms with van der Waals surface area (Å²) >= 11 is 6.72. The summed E-state index contributed by atoms with van der Waals surface area (Å²) in [5, 5.41) is 2.81. The van der Waals surface area contributed by atoms with E-state index in [0.717, 1.165) is 22.4 Å². The maximum absolute atomic E-state index is 13.1. The Balaban J connectivity index is 1.45. The van der Waals surface area contributed by atoms with Crippen LogP contribution >= 0.6 is 24.0 Å². The fourth-order valence-corrected chi connectivity index (χ4v) is 4.86. The van der Waals surface area contributed by atoms with Gasteiger partial charge in [-0.05, 0) is 73.0 Å². The second kappa shape index (κ2) is 10.8. The van der Waals surface area contributed by atoms with Crippen LogP contribution in [0.1, 0.15) is 16.7 Å². The van der Waals surface area contributed by atoms with E-state index in [0.29, 0.717) is 26.4 Å². The number of hydrogen-bond acceptors (Lipinski definition) is 6. The highest BCUT2D eigenvalue weighted by atomic mass is 32.2. The van der Waals surface area contributed by atoms with E-state index in [1.54, 1.807) is 29.2 Å². The van der Waals surface area contributed by atoms with E-state index in [-0.39, 0.29) is 18.4 Å². The average molecular weight is 505 g/mol. The van der Waals surface area contributed by atoms with Gasteiger partial charge in [0.05, 0.1) is 17.7 Å². The van der Waals surface area contributed by atoms with Crippen molar-refractivity contribution in [2.45, 2.75) is 13.8 Å². The Hall–Kier alpha value is -3.62. The van der Waals surface area contributed by atoms with Crippen molar-refractivity contribution in [1.29, 1.82) is 0 Å². The molecule has 0 aliphatic carbocycles. The van der Waals surface area contributed by atoms with Gasteiger partial charge in [-0.25, -0.2) is 0 Å². The van der Waals surface area contributed by atoms with Gasteiger partial charge in [-0.2, -0.15) is 0 Å². The van der Waals surface area contributed by atoms with Gasteiger partial charge in [-0.1, -0.05) is 54.3 Å². The Morgan fingerprint density at radius 1 is 1.03 bits per heavy atom. The zero-order valence-electron chi connectivity index (χ0n) is 19.5. The van der Waals surface area contributed by atoms with Crippen LogP contribution in [0.25, 0.3) is 6.08 Å². The number of rotatable bonds is 7. The van der Waals surface area contributed by atoms with Crippen molar-refractivity contribution >= 4 is 57.6 Å². The van der Waals surface area contributed by atoms with Crippen LogP contribution in [-0.4, -0.2) is 29.9 Å². The van der Waals surface area contributed by atoms with Crippen LogP contribution in [0.3, 0.4) is 0 Å². The molecule has 0 aromatic heterocycles. The highest BCUT2D eigenvalue weighted by Gasteiger charge is 2.33. The topological polar surface area (TPSA) is 67.9 Å². The Bertz CT molecular complexity index is 1340. The van der Waals surface area contributed by atoms with Crippen molar-refractivity contribution in [1.82, 2.24) is 0 Å². The quantitative estimate of drug-likeness (QED) is 0.327. The molecule has 1 heterocycles. The van der Waals surface area contributed by atoms with Crippen LogP contribution in [0.2, 0.25) is 0 Å². The fraction of sp³-hybridized carbons (Fsp3) is 0.148. The van der Waals surface area contributed by atoms with Gasteiger partial charge < -0.3 is 14.8 Å². The van der Waals surface area contributed by atoms with E-state index in [9.17, 15) is 9.59 Å². The number of methoxy groups -OCH3 is 1. The number of benzene rings is 3. The summed E-state index contributed by atoms with van der Waals surface area (Å²) < 4.78 is 11.6. The molecule has 0 unspecified atom stereocenters. The second-order valence-electron chi connectivity index (χ2n) is 7.97. The van der Waals surface area contributed by atoms with Gasteiger partial charge in [0.2, 0.25) is 0 Å². The highest BCUT2D eigenvalue weighted by Crippen LogP contribution is 2.37. The highest BCUT2D eigenvalue weighted by molar-refractivity contribution is 8.27. The fourth-order valence-electron chi connectivity index (χ4n) is 3.57. The van der Waals surface area contributed by atoms with E-state index in [4.69, 9.17) is 21.7 Å². The van der Waals surface area contributed by atoms with Crippen molar-refractivity contribution in [3.63, 3.8) is 0 Å². The van der Waals surface area contributed by atoms with Gasteiger partial charge in [0.25, 0.3) is 11.8 Å². The Labute approximate surface area is 213 Å². The maximum atomic E-state index is 13.1. The number of thiocarbonyl (C=S) groups is 1. The number of thioether (sulfide) groups is 1. The number of nitrogens with zero attached hydrogens (tertiary/aromatic N) is 1. The lowest BCUT2D eigenvalue weighted by molar-refractivity contribution is -0.118. The van der Waals surface area contributed by atoms with Gasteiger partial charge >= 0.3 is 0 Å². The minimum atomic E-state index is -0.276. The number of carbonyl (C=O) groups excluding carboxylic acids is 2. The van der Waals surface area contributed by atoms with Crippen LogP contribution in [0.15, 0.2) is 71.6 Å². The summed E-state index contributed by atoms with van der Waals surface area (Å²) in [5.41, 5.74) is 4.32. The van der Waals surface area contributed by atoms with Crippen LogP contribution in [-0.2, 0) is 9.59 Å². The molecule has 178 valence electrons. The lowest BCUT2D eigenvalue weighted by Crippen LogP contribution is -2.27. The minimum Gasteiger partial charge on any atom is -0.493 e. The number of ether oxygens (including phenoxy) is 2. The SMILES string of the molecule is COc1cc(/C=C2\SC(=S)N(c3cccc(C)c3)C2=O)ccc1OCC(=O)Nc1cccc(C)c1. The molecule has 6 nitrogen and oxygen atoms in total. The van der Waals surface area contributed by atoms with Crippen LogP contribution in [0.4, 0.5) is 11.4 Å². The number of hydrogen-bond donors (Lipinski definition) is 1. The molecule has 0 saturated carbocycles. The summed E-state index contributed by atoms with van der Waals surface area (Å²) in [6.45, 7) is 3.76. The summed E-state index contributed by atoms with van der Waals surface area (Å²) in [4.78, 5) is 27.4. The molecule has 2 amide bonds. The van der Waals surface area contributed by atoms with Gasteiger partial charge in [0, 0.05) is 5.69 Å². The Kier molecular flexibility index (Phi) is 7.53. The normalized spacial score (nSPS) is 14.4. The summed E-state index contributed by atoms with van der Waals surface area (Å²) in [7, 11) is 1.52. The molecule has 0 radical (unpaired) electrons. The molecule has 1 aliphatic heterocycles. The van der Waals surface area contributed by atoms with Crippen molar-refractivity contribution in [3.05, 3.63) is 88.3 Å². The average Bonchev–Trinajstić information content (AvgIpc) is 3.10.